The van der Waals surface area contributed by atoms with E-state index in [0.717, 1.165) is 23.4 Å². The zero-order chi connectivity index (χ0) is 22.5. The molecule has 3 rings (SSSR count). The number of hydrogen-bond donors (Lipinski definition) is 2. The predicted octanol–water partition coefficient (Wildman–Crippen LogP) is 4.06. The minimum atomic E-state index is -0.134. The normalized spacial score (nSPS) is 12.3. The molecule has 1 amide bonds. The van der Waals surface area contributed by atoms with Gasteiger partial charge >= 0.3 is 0 Å². The molecule has 0 fully saturated rings. The standard InChI is InChI=1S/C23H30N4O3S/c1-14(2)10-11-27-22(29)21-19(12-15(3)24-21)26-23(27)31-13-20(28)25-16(4)17-6-8-18(30-5)9-7-17/h6-9,12,14,16,24H,10-11,13H2,1-5H3,(H,25,28)/t16-/m1/s1. The highest BCUT2D eigenvalue weighted by molar-refractivity contribution is 7.99. The Morgan fingerprint density at radius 1 is 1.26 bits per heavy atom. The number of ether oxygens (including phenoxy) is 1. The lowest BCUT2D eigenvalue weighted by Crippen LogP contribution is -2.29. The van der Waals surface area contributed by atoms with Gasteiger partial charge in [0.05, 0.1) is 24.4 Å². The third kappa shape index (κ3) is 5.70. The molecule has 0 aliphatic heterocycles. The first-order valence-corrected chi connectivity index (χ1v) is 11.4. The van der Waals surface area contributed by atoms with E-state index in [0.29, 0.717) is 28.7 Å². The lowest BCUT2D eigenvalue weighted by Gasteiger charge is -2.16. The maximum atomic E-state index is 13.0. The number of rotatable bonds is 9. The summed E-state index contributed by atoms with van der Waals surface area (Å²) in [4.78, 5) is 33.3. The first-order valence-electron chi connectivity index (χ1n) is 10.4. The van der Waals surface area contributed by atoms with Crippen molar-refractivity contribution in [3.05, 3.63) is 51.9 Å². The van der Waals surface area contributed by atoms with E-state index in [2.05, 4.69) is 29.1 Å². The van der Waals surface area contributed by atoms with Crippen LogP contribution in [-0.4, -0.2) is 33.3 Å². The fraction of sp³-hybridized carbons (Fsp3) is 0.435. The number of aryl methyl sites for hydroxylation is 1. The molecule has 0 unspecified atom stereocenters. The first kappa shape index (κ1) is 22.9. The molecule has 0 saturated carbocycles. The number of benzene rings is 1. The van der Waals surface area contributed by atoms with Gasteiger partial charge in [0.1, 0.15) is 11.3 Å². The van der Waals surface area contributed by atoms with Gasteiger partial charge in [-0.25, -0.2) is 4.98 Å². The van der Waals surface area contributed by atoms with Crippen molar-refractivity contribution in [3.63, 3.8) is 0 Å². The van der Waals surface area contributed by atoms with Crippen molar-refractivity contribution >= 4 is 28.7 Å². The third-order valence-electron chi connectivity index (χ3n) is 5.09. The molecule has 0 saturated heterocycles. The second-order valence-corrected chi connectivity index (χ2v) is 9.04. The summed E-state index contributed by atoms with van der Waals surface area (Å²) >= 11 is 1.29. The Labute approximate surface area is 186 Å². The van der Waals surface area contributed by atoms with Crippen LogP contribution in [0.15, 0.2) is 40.3 Å². The molecule has 31 heavy (non-hydrogen) atoms. The SMILES string of the molecule is COc1ccc([C@@H](C)NC(=O)CSc2nc3cc(C)[nH]c3c(=O)n2CCC(C)C)cc1. The lowest BCUT2D eigenvalue weighted by molar-refractivity contribution is -0.119. The summed E-state index contributed by atoms with van der Waals surface area (Å²) in [5.41, 5.74) is 2.95. The Morgan fingerprint density at radius 3 is 2.61 bits per heavy atom. The number of thioether (sulfide) groups is 1. The van der Waals surface area contributed by atoms with Crippen molar-refractivity contribution in [2.24, 2.45) is 5.92 Å². The first-order chi connectivity index (χ1) is 14.8. The van der Waals surface area contributed by atoms with Crippen LogP contribution in [0.4, 0.5) is 0 Å². The summed E-state index contributed by atoms with van der Waals surface area (Å²) in [6.45, 7) is 8.66. The largest absolute Gasteiger partial charge is 0.497 e. The molecule has 7 nitrogen and oxygen atoms in total. The van der Waals surface area contributed by atoms with E-state index in [1.165, 1.54) is 11.8 Å². The zero-order valence-electron chi connectivity index (χ0n) is 18.7. The van der Waals surface area contributed by atoms with Gasteiger partial charge in [0.15, 0.2) is 5.16 Å². The van der Waals surface area contributed by atoms with Crippen molar-refractivity contribution in [3.8, 4) is 5.75 Å². The second-order valence-electron chi connectivity index (χ2n) is 8.10. The second kappa shape index (κ2) is 10.0. The van der Waals surface area contributed by atoms with Gasteiger partial charge in [-0.05, 0) is 49.9 Å². The van der Waals surface area contributed by atoms with Gasteiger partial charge in [-0.1, -0.05) is 37.7 Å². The molecule has 0 aliphatic rings. The van der Waals surface area contributed by atoms with Crippen molar-refractivity contribution in [1.82, 2.24) is 19.9 Å². The molecule has 3 aromatic rings. The molecule has 2 N–H and O–H groups in total. The molecular weight excluding hydrogens is 412 g/mol. The molecule has 8 heteroatoms. The van der Waals surface area contributed by atoms with E-state index in [4.69, 9.17) is 4.74 Å². The summed E-state index contributed by atoms with van der Waals surface area (Å²) in [5, 5.41) is 3.58. The summed E-state index contributed by atoms with van der Waals surface area (Å²) < 4.78 is 6.86. The van der Waals surface area contributed by atoms with Crippen LogP contribution in [0.3, 0.4) is 0 Å². The highest BCUT2D eigenvalue weighted by atomic mass is 32.2. The Kier molecular flexibility index (Phi) is 7.43. The number of carbonyl (C=O) groups is 1. The van der Waals surface area contributed by atoms with E-state index in [1.807, 2.05) is 44.2 Å². The number of carbonyl (C=O) groups excluding carboxylic acids is 1. The van der Waals surface area contributed by atoms with Gasteiger partial charge in [0.25, 0.3) is 5.56 Å². The summed E-state index contributed by atoms with van der Waals surface area (Å²) in [6.07, 6.45) is 0.862. The number of aromatic nitrogens is 3. The number of fused-ring (bicyclic) bond motifs is 1. The quantitative estimate of drug-likeness (QED) is 0.385. The van der Waals surface area contributed by atoms with E-state index in [9.17, 15) is 9.59 Å². The van der Waals surface area contributed by atoms with E-state index in [-0.39, 0.29) is 23.3 Å². The molecule has 0 radical (unpaired) electrons. The summed E-state index contributed by atoms with van der Waals surface area (Å²) in [5.74, 6) is 1.31. The van der Waals surface area contributed by atoms with Crippen LogP contribution in [-0.2, 0) is 11.3 Å². The molecule has 2 aromatic heterocycles. The molecular formula is C23H30N4O3S. The fourth-order valence-corrected chi connectivity index (χ4v) is 4.13. The Hall–Kier alpha value is -2.74. The van der Waals surface area contributed by atoms with Gasteiger partial charge in [0, 0.05) is 12.2 Å². The Morgan fingerprint density at radius 2 is 1.97 bits per heavy atom. The molecule has 0 bridgehead atoms. The lowest BCUT2D eigenvalue weighted by atomic mass is 10.1. The van der Waals surface area contributed by atoms with E-state index >= 15 is 0 Å². The van der Waals surface area contributed by atoms with Crippen LogP contribution < -0.4 is 15.6 Å². The van der Waals surface area contributed by atoms with Crippen molar-refractivity contribution < 1.29 is 9.53 Å². The average molecular weight is 443 g/mol. The molecule has 1 aromatic carbocycles. The number of hydrogen-bond acceptors (Lipinski definition) is 5. The maximum Gasteiger partial charge on any atom is 0.278 e. The topological polar surface area (TPSA) is 89.0 Å². The molecule has 2 heterocycles. The third-order valence-corrected chi connectivity index (χ3v) is 6.07. The fourth-order valence-electron chi connectivity index (χ4n) is 3.29. The van der Waals surface area contributed by atoms with E-state index < -0.39 is 0 Å². The molecule has 166 valence electrons. The number of nitrogens with zero attached hydrogens (tertiary/aromatic N) is 2. The van der Waals surface area contributed by atoms with Gasteiger partial charge < -0.3 is 15.0 Å². The zero-order valence-corrected chi connectivity index (χ0v) is 19.5. The van der Waals surface area contributed by atoms with Crippen LogP contribution in [0.25, 0.3) is 11.0 Å². The van der Waals surface area contributed by atoms with Gasteiger partial charge in [-0.3, -0.25) is 14.2 Å². The number of amides is 1. The Balaban J connectivity index is 1.73. The average Bonchev–Trinajstić information content (AvgIpc) is 3.12. The monoisotopic (exact) mass is 442 g/mol. The number of methoxy groups -OCH3 is 1. The van der Waals surface area contributed by atoms with Gasteiger partial charge in [-0.15, -0.1) is 0 Å². The minimum Gasteiger partial charge on any atom is -0.497 e. The van der Waals surface area contributed by atoms with Crippen LogP contribution in [0, 0.1) is 12.8 Å². The predicted molar refractivity (Wildman–Crippen MR) is 125 cm³/mol. The number of aromatic amines is 1. The van der Waals surface area contributed by atoms with Gasteiger partial charge in [0.2, 0.25) is 5.91 Å². The molecule has 0 aliphatic carbocycles. The highest BCUT2D eigenvalue weighted by Crippen LogP contribution is 2.21. The van der Waals surface area contributed by atoms with Crippen molar-refractivity contribution in [1.29, 1.82) is 0 Å². The summed E-state index contributed by atoms with van der Waals surface area (Å²) in [6, 6.07) is 9.34. The highest BCUT2D eigenvalue weighted by Gasteiger charge is 2.16. The van der Waals surface area contributed by atoms with E-state index in [1.54, 1.807) is 11.7 Å². The van der Waals surface area contributed by atoms with Gasteiger partial charge in [-0.2, -0.15) is 0 Å². The van der Waals surface area contributed by atoms with Crippen LogP contribution in [0.1, 0.15) is 44.5 Å². The smallest absolute Gasteiger partial charge is 0.278 e. The van der Waals surface area contributed by atoms with Crippen molar-refractivity contribution in [2.75, 3.05) is 12.9 Å². The Bertz CT molecular complexity index is 1100. The van der Waals surface area contributed by atoms with Crippen LogP contribution >= 0.6 is 11.8 Å². The maximum absolute atomic E-state index is 13.0. The molecule has 1 atom stereocenters. The number of H-pyrrole nitrogens is 1. The minimum absolute atomic E-state index is 0.0896. The molecule has 0 spiro atoms. The summed E-state index contributed by atoms with van der Waals surface area (Å²) in [7, 11) is 1.62. The van der Waals surface area contributed by atoms with Crippen LogP contribution in [0.5, 0.6) is 5.75 Å². The number of nitrogens with one attached hydrogen (secondary N) is 2. The van der Waals surface area contributed by atoms with Crippen LogP contribution in [0.2, 0.25) is 0 Å². The van der Waals surface area contributed by atoms with Crippen molar-refractivity contribution in [2.45, 2.75) is 51.9 Å².